The van der Waals surface area contributed by atoms with Crippen molar-refractivity contribution < 1.29 is 23.6 Å². The molecule has 4 aromatic heterocycles. The maximum Gasteiger partial charge on any atom is 0.277 e. The lowest BCUT2D eigenvalue weighted by molar-refractivity contribution is -0.130. The lowest BCUT2D eigenvalue weighted by Crippen LogP contribution is -2.39. The fourth-order valence-corrected chi connectivity index (χ4v) is 15.6. The number of benzene rings is 1. The van der Waals surface area contributed by atoms with Crippen LogP contribution >= 0.6 is 34.0 Å². The van der Waals surface area contributed by atoms with Crippen LogP contribution in [0.5, 0.6) is 0 Å². The third-order valence-corrected chi connectivity index (χ3v) is 21.9. The van der Waals surface area contributed by atoms with Crippen molar-refractivity contribution in [3.8, 4) is 15.8 Å². The van der Waals surface area contributed by atoms with E-state index in [1.807, 2.05) is 124 Å². The molecule has 0 unspecified atom stereocenters. The molecule has 0 fully saturated rings. The van der Waals surface area contributed by atoms with Crippen LogP contribution in [0.15, 0.2) is 173 Å². The number of rotatable bonds is 14. The first-order chi connectivity index (χ1) is 49.9. The number of nitrogens with zero attached hydrogens (tertiary/aromatic N) is 13. The van der Waals surface area contributed by atoms with Crippen LogP contribution in [0.2, 0.25) is 0 Å². The first-order valence-corrected chi connectivity index (χ1v) is 38.9. The van der Waals surface area contributed by atoms with Gasteiger partial charge in [-0.2, -0.15) is 25.7 Å². The summed E-state index contributed by atoms with van der Waals surface area (Å²) in [7, 11) is 19.6. The number of carbonyl (C=O) groups excluding carboxylic acids is 4. The number of hydrazone groups is 4. The molecule has 0 saturated heterocycles. The highest BCUT2D eigenvalue weighted by Gasteiger charge is 2.42. The van der Waals surface area contributed by atoms with Crippen molar-refractivity contribution in [3.63, 3.8) is 0 Å². The third-order valence-electron chi connectivity index (χ3n) is 18.2. The third kappa shape index (κ3) is 20.8. The zero-order chi connectivity index (χ0) is 79.2. The number of hydrogen-bond acceptors (Lipinski definition) is 17. The maximum absolute atomic E-state index is 13.4. The van der Waals surface area contributed by atoms with Gasteiger partial charge >= 0.3 is 0 Å². The van der Waals surface area contributed by atoms with E-state index in [0.29, 0.717) is 11.1 Å². The molecule has 0 spiro atoms. The predicted octanol–water partition coefficient (Wildman–Crippen LogP) is 19.2. The Morgan fingerprint density at radius 1 is 0.551 bits per heavy atom. The fraction of sp³-hybridized carbons (Fsp3) is 0.430. The second-order valence-corrected chi connectivity index (χ2v) is 36.3. The zero-order valence-electron chi connectivity index (χ0n) is 67.9. The fourth-order valence-electron chi connectivity index (χ4n) is 12.8. The summed E-state index contributed by atoms with van der Waals surface area (Å²) < 4.78 is 5.60. The Labute approximate surface area is 648 Å². The minimum Gasteiger partial charge on any atom is -0.441 e. The molecule has 0 bridgehead atoms. The van der Waals surface area contributed by atoms with Gasteiger partial charge in [0.1, 0.15) is 11.8 Å². The first kappa shape index (κ1) is 83.2. The van der Waals surface area contributed by atoms with Crippen molar-refractivity contribution in [1.82, 2.24) is 20.0 Å². The summed E-state index contributed by atoms with van der Waals surface area (Å²) in [5.41, 5.74) is 13.1. The molecule has 0 N–H and O–H groups in total. The van der Waals surface area contributed by atoms with E-state index in [1.165, 1.54) is 62.7 Å². The highest BCUT2D eigenvalue weighted by molar-refractivity contribution is 7.24. The molecule has 21 heteroatoms. The first-order valence-electron chi connectivity index (χ1n) is 36.5. The number of furan rings is 1. The summed E-state index contributed by atoms with van der Waals surface area (Å²) in [6.45, 7) is 33.5. The van der Waals surface area contributed by atoms with Gasteiger partial charge in [-0.25, -0.2) is 20.0 Å². The Hall–Kier alpha value is -9.49. The smallest absolute Gasteiger partial charge is 0.277 e. The van der Waals surface area contributed by atoms with Crippen LogP contribution in [0.3, 0.4) is 0 Å². The van der Waals surface area contributed by atoms with Gasteiger partial charge in [-0.15, -0.1) is 34.0 Å². The highest BCUT2D eigenvalue weighted by Crippen LogP contribution is 2.45. The van der Waals surface area contributed by atoms with Gasteiger partial charge in [0.25, 0.3) is 23.6 Å². The van der Waals surface area contributed by atoms with Crippen molar-refractivity contribution in [3.05, 3.63) is 174 Å². The van der Waals surface area contributed by atoms with Gasteiger partial charge in [0.05, 0.1) is 60.5 Å². The SMILES string of the molecule is CCC1=NN(C(C)(C)C)C(=O)/C1=C1C=C(/C=C/c2ccc(N(C)C)cc2C)CC(C)(C)C\1.CCC1=NN(C)C(=O)/C1=C\C=C\c1ccc(N(C)C)o1.CN(C)c1ccc(-c2ccc(C=C3C(=O)N(C(C)(C)C)N=C3C#N)s2)s1.CN1N=C(C(C)(C)C)/C(=C2C=C(/C=C/c3ccc(N(C)C)s3)CC(C)(C)C/2)C1=O. The summed E-state index contributed by atoms with van der Waals surface area (Å²) in [5.74, 6) is 1.30. The van der Waals surface area contributed by atoms with Gasteiger partial charge < -0.3 is 24.0 Å². The second-order valence-electron chi connectivity index (χ2n) is 33.0. The largest absolute Gasteiger partial charge is 0.441 e. The van der Waals surface area contributed by atoms with Crippen LogP contribution in [0.25, 0.3) is 34.1 Å². The normalized spacial score (nSPS) is 19.6. The van der Waals surface area contributed by atoms with Crippen molar-refractivity contribution in [2.24, 2.45) is 36.7 Å². The minimum absolute atomic E-state index is 0.0103. The summed E-state index contributed by atoms with van der Waals surface area (Å²) >= 11 is 5.11. The van der Waals surface area contributed by atoms with Crippen molar-refractivity contribution in [1.29, 1.82) is 5.26 Å². The summed E-state index contributed by atoms with van der Waals surface area (Å²) in [6, 6.07) is 24.9. The van der Waals surface area contributed by atoms with Crippen LogP contribution in [0, 0.1) is 34.5 Å². The highest BCUT2D eigenvalue weighted by atomic mass is 32.1. The predicted molar refractivity (Wildman–Crippen MR) is 453 cm³/mol. The van der Waals surface area contributed by atoms with E-state index >= 15 is 0 Å². The number of aryl methyl sites for hydroxylation is 1. The second kappa shape index (κ2) is 33.7. The molecule has 1 aromatic carbocycles. The number of nitriles is 1. The van der Waals surface area contributed by atoms with Gasteiger partial charge in [0, 0.05) is 107 Å². The molecule has 0 atom stereocenters. The van der Waals surface area contributed by atoms with Gasteiger partial charge in [-0.3, -0.25) is 19.2 Å². The molecule has 8 heterocycles. The Bertz CT molecular complexity index is 4670. The van der Waals surface area contributed by atoms with E-state index in [9.17, 15) is 24.4 Å². The number of allylic oxidation sites excluding steroid dienone is 10. The molecule has 4 amide bonds. The van der Waals surface area contributed by atoms with Gasteiger partial charge in [-0.1, -0.05) is 105 Å². The topological polar surface area (TPSA) is 181 Å². The van der Waals surface area contributed by atoms with Crippen molar-refractivity contribution in [2.45, 2.75) is 160 Å². The molecule has 6 aliphatic rings. The van der Waals surface area contributed by atoms with Crippen LogP contribution in [0.4, 0.5) is 21.6 Å². The van der Waals surface area contributed by atoms with E-state index < -0.39 is 5.54 Å². The summed E-state index contributed by atoms with van der Waals surface area (Å²) in [6.07, 6.45) is 25.7. The average molecular weight is 1500 g/mol. The molecule has 0 saturated carbocycles. The average Bonchev–Trinajstić information content (AvgIpc) is 1.64. The Morgan fingerprint density at radius 2 is 1.10 bits per heavy atom. The zero-order valence-corrected chi connectivity index (χ0v) is 70.4. The Morgan fingerprint density at radius 3 is 1.64 bits per heavy atom. The molecule has 5 aromatic rings. The Balaban J connectivity index is 0.000000182. The van der Waals surface area contributed by atoms with E-state index in [2.05, 4.69) is 199 Å². The van der Waals surface area contributed by atoms with Crippen LogP contribution in [0.1, 0.15) is 169 Å². The van der Waals surface area contributed by atoms with E-state index in [4.69, 9.17) is 9.52 Å². The quantitative estimate of drug-likeness (QED) is 0.0971. The van der Waals surface area contributed by atoms with E-state index in [1.54, 1.807) is 65.3 Å². The number of hydrogen-bond donors (Lipinski definition) is 0. The number of likely N-dealkylation sites (N-methyl/N-ethyl adjacent to an activating group) is 2. The van der Waals surface area contributed by atoms with Gasteiger partial charge in [0.15, 0.2) is 11.6 Å². The van der Waals surface area contributed by atoms with Crippen LogP contribution in [-0.4, -0.2) is 148 Å². The lowest BCUT2D eigenvalue weighted by Gasteiger charge is -2.32. The van der Waals surface area contributed by atoms with Crippen LogP contribution in [-0.2, 0) is 19.2 Å². The van der Waals surface area contributed by atoms with E-state index in [-0.39, 0.29) is 51.1 Å². The molecule has 18 nitrogen and oxygen atoms in total. The molecule has 2 aliphatic carbocycles. The van der Waals surface area contributed by atoms with E-state index in [0.717, 1.165) is 99.4 Å². The lowest BCUT2D eigenvalue weighted by atomic mass is 9.72. The monoisotopic (exact) mass is 1500 g/mol. The number of carbonyl (C=O) groups is 4. The Kier molecular flexibility index (Phi) is 26.2. The maximum atomic E-state index is 13.4. The molecular formula is C86H111N13O5S3. The molecule has 11 rings (SSSR count). The van der Waals surface area contributed by atoms with Gasteiger partial charge in [-0.05, 0) is 210 Å². The molecular weight excluding hydrogens is 1390 g/mol. The molecule has 568 valence electrons. The summed E-state index contributed by atoms with van der Waals surface area (Å²) in [4.78, 5) is 63.6. The van der Waals surface area contributed by atoms with Crippen molar-refractivity contribution in [2.75, 3.05) is 90.1 Å². The number of anilines is 4. The summed E-state index contributed by atoms with van der Waals surface area (Å²) in [5, 5.41) is 35.4. The molecule has 107 heavy (non-hydrogen) atoms. The van der Waals surface area contributed by atoms with Crippen LogP contribution < -0.4 is 19.6 Å². The number of amides is 4. The van der Waals surface area contributed by atoms with Crippen molar-refractivity contribution >= 4 is 126 Å². The van der Waals surface area contributed by atoms with Gasteiger partial charge in [0.2, 0.25) is 0 Å². The molecule has 0 radical (unpaired) electrons. The minimum atomic E-state index is -0.463. The standard InChI is InChI=1S/C28H39N3O.C24H33N3OS.C19H20N4OS2.C15H19N3O2/c1-10-24-25(26(32)31(29-24)27(3,4)5)22-16-20(17-28(6,7)18-22)11-12-21-13-14-23(30(8)9)15-19(21)2;1-23(2,3)21-20(22(28)27(8)25-21)17-13-16(14-24(4,5)15-17)9-10-18-11-12-19(29-18)26(6)7;1-19(2,3)23-18(24)13(14(11-20)21-23)10-12-6-7-15(25-12)16-8-9-17(26-16)22(4)5;1-5-13-12(15(19)18(4)16-13)8-6-7-11-9-10-14(20-11)17(2)3/h11-16H,10,17-18H2,1-9H3;9-13H,14-15H2,1-8H3;6-10H,1-5H3;6-10H,5H2,1-4H3/b12-11+,25-22+;10-9+,20-17+;;7-6+,12-8-. The molecule has 4 aliphatic heterocycles. The number of thiophene rings is 3.